The molecule has 0 N–H and O–H groups in total. The molecule has 1 aliphatic heterocycles. The Kier molecular flexibility index (Phi) is 7.33. The molecule has 1 atom stereocenters. The van der Waals surface area contributed by atoms with E-state index in [-0.39, 0.29) is 18.0 Å². The van der Waals surface area contributed by atoms with Crippen LogP contribution in [0.2, 0.25) is 0 Å². The standard InChI is InChI=1S/C30H25FN2O4S/c1-3-23-26(29(35)36-2)27(20-9-5-4-6-10-20)33-28(34)25(38-30(33)32-23)17-21-11-7-8-12-24(21)37-18-19-13-15-22(31)16-14-19/h4-17,27H,3,18H2,1-2H3/b25-17-/t27-/m0/s1. The monoisotopic (exact) mass is 528 g/mol. The van der Waals surface area contributed by atoms with E-state index in [0.29, 0.717) is 32.8 Å². The number of carbonyl (C=O) groups excluding carboxylic acids is 1. The molecule has 38 heavy (non-hydrogen) atoms. The minimum Gasteiger partial charge on any atom is -0.488 e. The van der Waals surface area contributed by atoms with E-state index in [1.807, 2.05) is 61.5 Å². The van der Waals surface area contributed by atoms with E-state index in [4.69, 9.17) is 14.5 Å². The van der Waals surface area contributed by atoms with E-state index in [0.717, 1.165) is 16.7 Å². The highest BCUT2D eigenvalue weighted by atomic mass is 32.1. The maximum Gasteiger partial charge on any atom is 0.338 e. The SMILES string of the molecule is CCC1=C(C(=O)OC)[C@H](c2ccccc2)n2c(s/c(=C\c3ccccc3OCc3ccc(F)cc3)c2=O)=N1. The molecule has 5 rings (SSSR count). The van der Waals surface area contributed by atoms with Crippen LogP contribution >= 0.6 is 11.3 Å². The van der Waals surface area contributed by atoms with Gasteiger partial charge in [-0.3, -0.25) is 9.36 Å². The van der Waals surface area contributed by atoms with Gasteiger partial charge in [-0.15, -0.1) is 0 Å². The molecule has 6 nitrogen and oxygen atoms in total. The summed E-state index contributed by atoms with van der Waals surface area (Å²) in [5.74, 6) is -0.222. The molecule has 0 amide bonds. The fourth-order valence-corrected chi connectivity index (χ4v) is 5.44. The van der Waals surface area contributed by atoms with Gasteiger partial charge in [0.25, 0.3) is 5.56 Å². The maximum atomic E-state index is 13.8. The Morgan fingerprint density at radius 2 is 1.76 bits per heavy atom. The number of benzene rings is 3. The van der Waals surface area contributed by atoms with Gasteiger partial charge in [-0.1, -0.05) is 78.9 Å². The molecule has 4 aromatic rings. The summed E-state index contributed by atoms with van der Waals surface area (Å²) >= 11 is 1.27. The van der Waals surface area contributed by atoms with E-state index in [1.54, 1.807) is 22.8 Å². The number of para-hydroxylation sites is 1. The molecule has 192 valence electrons. The number of methoxy groups -OCH3 is 1. The van der Waals surface area contributed by atoms with Crippen LogP contribution < -0.4 is 19.6 Å². The lowest BCUT2D eigenvalue weighted by molar-refractivity contribution is -0.136. The number of aromatic nitrogens is 1. The van der Waals surface area contributed by atoms with Crippen LogP contribution in [-0.4, -0.2) is 17.6 Å². The number of esters is 1. The number of carbonyl (C=O) groups is 1. The molecule has 0 saturated carbocycles. The highest BCUT2D eigenvalue weighted by Gasteiger charge is 2.33. The predicted octanol–water partition coefficient (Wildman–Crippen LogP) is 4.52. The van der Waals surface area contributed by atoms with Gasteiger partial charge in [0.1, 0.15) is 18.2 Å². The Morgan fingerprint density at radius 3 is 2.47 bits per heavy atom. The van der Waals surface area contributed by atoms with Crippen molar-refractivity contribution < 1.29 is 18.7 Å². The second-order valence-corrected chi connectivity index (χ2v) is 9.66. The molecule has 1 aliphatic rings. The highest BCUT2D eigenvalue weighted by Crippen LogP contribution is 2.31. The van der Waals surface area contributed by atoms with Crippen LogP contribution in [0.4, 0.5) is 4.39 Å². The number of hydrogen-bond acceptors (Lipinski definition) is 6. The summed E-state index contributed by atoms with van der Waals surface area (Å²) < 4.78 is 26.4. The first kappa shape index (κ1) is 25.4. The molecule has 2 heterocycles. The van der Waals surface area contributed by atoms with Crippen molar-refractivity contribution in [2.24, 2.45) is 4.99 Å². The van der Waals surface area contributed by atoms with Crippen LogP contribution in [0, 0.1) is 5.82 Å². The fraction of sp³-hybridized carbons (Fsp3) is 0.167. The van der Waals surface area contributed by atoms with Crippen LogP contribution in [0.25, 0.3) is 6.08 Å². The van der Waals surface area contributed by atoms with E-state index in [9.17, 15) is 14.0 Å². The van der Waals surface area contributed by atoms with Crippen molar-refractivity contribution in [3.63, 3.8) is 0 Å². The lowest BCUT2D eigenvalue weighted by atomic mass is 9.95. The number of halogens is 1. The lowest BCUT2D eigenvalue weighted by Crippen LogP contribution is -2.40. The molecule has 0 bridgehead atoms. The van der Waals surface area contributed by atoms with Gasteiger partial charge in [0.15, 0.2) is 4.80 Å². The Bertz CT molecular complexity index is 1690. The van der Waals surface area contributed by atoms with Crippen molar-refractivity contribution in [3.8, 4) is 5.75 Å². The molecule has 0 saturated heterocycles. The smallest absolute Gasteiger partial charge is 0.338 e. The van der Waals surface area contributed by atoms with Gasteiger partial charge in [0, 0.05) is 5.56 Å². The average Bonchev–Trinajstić information content (AvgIpc) is 3.26. The Morgan fingerprint density at radius 1 is 1.05 bits per heavy atom. The van der Waals surface area contributed by atoms with Crippen molar-refractivity contribution >= 4 is 23.4 Å². The summed E-state index contributed by atoms with van der Waals surface area (Å²) in [7, 11) is 1.33. The third-order valence-electron chi connectivity index (χ3n) is 6.28. The Labute approximate surface area is 222 Å². The molecular formula is C30H25FN2O4S. The van der Waals surface area contributed by atoms with E-state index in [1.165, 1.54) is 30.6 Å². The van der Waals surface area contributed by atoms with Gasteiger partial charge in [-0.2, -0.15) is 0 Å². The largest absolute Gasteiger partial charge is 0.488 e. The van der Waals surface area contributed by atoms with Crippen LogP contribution in [0.1, 0.15) is 36.1 Å². The summed E-state index contributed by atoms with van der Waals surface area (Å²) in [6.45, 7) is 2.18. The molecule has 0 radical (unpaired) electrons. The number of fused-ring (bicyclic) bond motifs is 1. The molecular weight excluding hydrogens is 503 g/mol. The number of rotatable bonds is 7. The van der Waals surface area contributed by atoms with Crippen LogP contribution in [0.5, 0.6) is 5.75 Å². The third-order valence-corrected chi connectivity index (χ3v) is 7.26. The van der Waals surface area contributed by atoms with Crippen molar-refractivity contribution in [1.82, 2.24) is 4.57 Å². The molecule has 1 aromatic heterocycles. The molecule has 0 fully saturated rings. The molecule has 3 aromatic carbocycles. The van der Waals surface area contributed by atoms with Crippen molar-refractivity contribution in [3.05, 3.63) is 132 Å². The highest BCUT2D eigenvalue weighted by molar-refractivity contribution is 7.07. The zero-order chi connectivity index (χ0) is 26.6. The third kappa shape index (κ3) is 4.95. The second kappa shape index (κ2) is 11.0. The summed E-state index contributed by atoms with van der Waals surface area (Å²) in [4.78, 5) is 31.9. The molecule has 0 spiro atoms. The molecule has 8 heteroatoms. The van der Waals surface area contributed by atoms with Gasteiger partial charge in [-0.25, -0.2) is 14.2 Å². The van der Waals surface area contributed by atoms with Crippen LogP contribution in [-0.2, 0) is 16.1 Å². The van der Waals surface area contributed by atoms with Crippen molar-refractivity contribution in [2.45, 2.75) is 26.0 Å². The number of allylic oxidation sites excluding steroid dienone is 1. The first-order chi connectivity index (χ1) is 18.5. The van der Waals surface area contributed by atoms with Gasteiger partial charge < -0.3 is 9.47 Å². The van der Waals surface area contributed by atoms with E-state index >= 15 is 0 Å². The lowest BCUT2D eigenvalue weighted by Gasteiger charge is -2.25. The minimum atomic E-state index is -0.651. The summed E-state index contributed by atoms with van der Waals surface area (Å²) in [5.41, 5.74) is 3.05. The summed E-state index contributed by atoms with van der Waals surface area (Å²) in [6, 6.07) is 22.3. The van der Waals surface area contributed by atoms with Gasteiger partial charge >= 0.3 is 5.97 Å². The Hall–Kier alpha value is -4.30. The Balaban J connectivity index is 1.60. The maximum absolute atomic E-state index is 13.8. The van der Waals surface area contributed by atoms with Crippen LogP contribution in [0.3, 0.4) is 0 Å². The van der Waals surface area contributed by atoms with Crippen LogP contribution in [0.15, 0.2) is 99.9 Å². The second-order valence-electron chi connectivity index (χ2n) is 8.65. The number of hydrogen-bond donors (Lipinski definition) is 0. The molecule has 0 unspecified atom stereocenters. The average molecular weight is 529 g/mol. The predicted molar refractivity (Wildman–Crippen MR) is 144 cm³/mol. The summed E-state index contributed by atoms with van der Waals surface area (Å²) in [5, 5.41) is 0. The number of ether oxygens (including phenoxy) is 2. The van der Waals surface area contributed by atoms with Crippen molar-refractivity contribution in [2.75, 3.05) is 7.11 Å². The summed E-state index contributed by atoms with van der Waals surface area (Å²) in [6.07, 6.45) is 2.29. The van der Waals surface area contributed by atoms with E-state index in [2.05, 4.69) is 0 Å². The van der Waals surface area contributed by atoms with Gasteiger partial charge in [0.05, 0.1) is 29.0 Å². The number of thiazole rings is 1. The zero-order valence-corrected chi connectivity index (χ0v) is 21.7. The quantitative estimate of drug-likeness (QED) is 0.331. The van der Waals surface area contributed by atoms with E-state index < -0.39 is 12.0 Å². The first-order valence-corrected chi connectivity index (χ1v) is 13.0. The topological polar surface area (TPSA) is 69.9 Å². The zero-order valence-electron chi connectivity index (χ0n) is 20.9. The number of nitrogens with zero attached hydrogens (tertiary/aromatic N) is 2. The normalized spacial score (nSPS) is 15.1. The molecule has 0 aliphatic carbocycles. The van der Waals surface area contributed by atoms with Crippen molar-refractivity contribution in [1.29, 1.82) is 0 Å². The first-order valence-electron chi connectivity index (χ1n) is 12.1. The van der Waals surface area contributed by atoms with Gasteiger partial charge in [0.2, 0.25) is 0 Å². The minimum absolute atomic E-state index is 0.253. The van der Waals surface area contributed by atoms with Gasteiger partial charge in [-0.05, 0) is 41.8 Å². The fourth-order valence-electron chi connectivity index (χ4n) is 4.43.